The fourth-order valence-electron chi connectivity index (χ4n) is 1.61. The number of unbranched alkanes of at least 4 members (excludes halogenated alkanes) is 3. The minimum Gasteiger partial charge on any atom is -0.492 e. The summed E-state index contributed by atoms with van der Waals surface area (Å²) in [6.07, 6.45) is 5.58. The molecule has 0 heterocycles. The molecule has 2 heteroatoms. The van der Waals surface area contributed by atoms with Crippen molar-refractivity contribution < 1.29 is 4.74 Å². The van der Waals surface area contributed by atoms with Gasteiger partial charge in [-0.25, -0.2) is 0 Å². The van der Waals surface area contributed by atoms with Crippen LogP contribution in [0.4, 0.5) is 0 Å². The molecule has 1 nitrogen and oxygen atoms in total. The Morgan fingerprint density at radius 1 is 1.17 bits per heavy atom. The molecule has 0 bridgehead atoms. The Bertz CT molecular complexity index is 390. The van der Waals surface area contributed by atoms with Crippen LogP contribution >= 0.6 is 11.6 Å². The van der Waals surface area contributed by atoms with E-state index in [4.69, 9.17) is 16.3 Å². The van der Waals surface area contributed by atoms with Crippen molar-refractivity contribution in [2.24, 2.45) is 0 Å². The first-order chi connectivity index (χ1) is 8.88. The molecule has 1 rings (SSSR count). The van der Waals surface area contributed by atoms with Crippen molar-refractivity contribution >= 4 is 11.6 Å². The summed E-state index contributed by atoms with van der Waals surface area (Å²) in [7, 11) is 0. The van der Waals surface area contributed by atoms with Gasteiger partial charge in [-0.05, 0) is 18.6 Å². The van der Waals surface area contributed by atoms with E-state index in [1.807, 2.05) is 24.3 Å². The third-order valence-electron chi connectivity index (χ3n) is 2.59. The monoisotopic (exact) mass is 264 g/mol. The summed E-state index contributed by atoms with van der Waals surface area (Å²) in [5.41, 5.74) is 0.957. The van der Waals surface area contributed by atoms with Gasteiger partial charge in [-0.2, -0.15) is 0 Å². The quantitative estimate of drug-likeness (QED) is 0.396. The predicted octanol–water partition coefficient (Wildman–Crippen LogP) is 4.63. The van der Waals surface area contributed by atoms with Gasteiger partial charge in [0.2, 0.25) is 0 Å². The van der Waals surface area contributed by atoms with Gasteiger partial charge in [0.25, 0.3) is 0 Å². The first-order valence-electron chi connectivity index (χ1n) is 6.65. The molecule has 0 aliphatic heterocycles. The van der Waals surface area contributed by atoms with Crippen molar-refractivity contribution in [2.45, 2.75) is 39.0 Å². The SMILES string of the molecule is CCCCCCOc1ccccc1C#CCCCl. The number of rotatable bonds is 7. The maximum Gasteiger partial charge on any atom is 0.134 e. The van der Waals surface area contributed by atoms with E-state index in [-0.39, 0.29) is 0 Å². The van der Waals surface area contributed by atoms with Crippen molar-refractivity contribution in [1.82, 2.24) is 0 Å². The zero-order valence-electron chi connectivity index (χ0n) is 11.0. The lowest BCUT2D eigenvalue weighted by atomic mass is 10.2. The number of benzene rings is 1. The zero-order valence-corrected chi connectivity index (χ0v) is 11.8. The number of halogens is 1. The molecule has 0 aliphatic rings. The van der Waals surface area contributed by atoms with E-state index in [9.17, 15) is 0 Å². The van der Waals surface area contributed by atoms with E-state index in [0.29, 0.717) is 12.3 Å². The lowest BCUT2D eigenvalue weighted by Gasteiger charge is -2.07. The van der Waals surface area contributed by atoms with Crippen LogP contribution in [0.1, 0.15) is 44.6 Å². The molecule has 0 fully saturated rings. The van der Waals surface area contributed by atoms with E-state index >= 15 is 0 Å². The molecule has 0 saturated carbocycles. The van der Waals surface area contributed by atoms with Crippen LogP contribution in [0.25, 0.3) is 0 Å². The number of para-hydroxylation sites is 1. The minimum atomic E-state index is 0.576. The zero-order chi connectivity index (χ0) is 13.1. The summed E-state index contributed by atoms with van der Waals surface area (Å²) in [6.45, 7) is 2.98. The van der Waals surface area contributed by atoms with E-state index in [2.05, 4.69) is 18.8 Å². The minimum absolute atomic E-state index is 0.576. The van der Waals surface area contributed by atoms with Gasteiger partial charge in [0, 0.05) is 12.3 Å². The largest absolute Gasteiger partial charge is 0.492 e. The van der Waals surface area contributed by atoms with Crippen LogP contribution in [0.5, 0.6) is 5.75 Å². The highest BCUT2D eigenvalue weighted by Crippen LogP contribution is 2.17. The van der Waals surface area contributed by atoms with Gasteiger partial charge in [-0.3, -0.25) is 0 Å². The van der Waals surface area contributed by atoms with Gasteiger partial charge < -0.3 is 4.74 Å². The Labute approximate surface area is 115 Å². The second-order valence-electron chi connectivity index (χ2n) is 4.15. The predicted molar refractivity (Wildman–Crippen MR) is 78.3 cm³/mol. The van der Waals surface area contributed by atoms with Crippen molar-refractivity contribution in [3.8, 4) is 17.6 Å². The van der Waals surface area contributed by atoms with Gasteiger partial charge in [0.05, 0.1) is 12.2 Å². The standard InChI is InChI=1S/C16H21ClO/c1-2-3-4-9-14-18-16-12-6-5-10-15(16)11-7-8-13-17/h5-6,10,12H,2-4,8-9,13-14H2,1H3. The van der Waals surface area contributed by atoms with Gasteiger partial charge in [-0.1, -0.05) is 50.2 Å². The van der Waals surface area contributed by atoms with Gasteiger partial charge in [0.1, 0.15) is 5.75 Å². The van der Waals surface area contributed by atoms with Crippen LogP contribution in [0.15, 0.2) is 24.3 Å². The average Bonchev–Trinajstić information content (AvgIpc) is 2.40. The molecule has 1 aromatic rings. The second kappa shape index (κ2) is 9.85. The Balaban J connectivity index is 2.47. The smallest absolute Gasteiger partial charge is 0.134 e. The van der Waals surface area contributed by atoms with Crippen molar-refractivity contribution in [2.75, 3.05) is 12.5 Å². The highest BCUT2D eigenvalue weighted by Gasteiger charge is 1.99. The molecule has 0 amide bonds. The normalized spacial score (nSPS) is 9.67. The molecule has 0 unspecified atom stereocenters. The first-order valence-corrected chi connectivity index (χ1v) is 7.18. The molecule has 18 heavy (non-hydrogen) atoms. The molecule has 0 spiro atoms. The summed E-state index contributed by atoms with van der Waals surface area (Å²) >= 11 is 5.61. The molecule has 0 aliphatic carbocycles. The maximum atomic E-state index is 5.78. The molecule has 0 aromatic heterocycles. The van der Waals surface area contributed by atoms with Gasteiger partial charge in [0.15, 0.2) is 0 Å². The Kier molecular flexibility index (Phi) is 8.17. The summed E-state index contributed by atoms with van der Waals surface area (Å²) in [6, 6.07) is 7.93. The lowest BCUT2D eigenvalue weighted by Crippen LogP contribution is -1.98. The Morgan fingerprint density at radius 3 is 2.78 bits per heavy atom. The number of hydrogen-bond donors (Lipinski definition) is 0. The lowest BCUT2D eigenvalue weighted by molar-refractivity contribution is 0.304. The molecular formula is C16H21ClO. The second-order valence-corrected chi connectivity index (χ2v) is 4.52. The van der Waals surface area contributed by atoms with Crippen LogP contribution in [-0.4, -0.2) is 12.5 Å². The third-order valence-corrected chi connectivity index (χ3v) is 2.77. The number of ether oxygens (including phenoxy) is 1. The fraction of sp³-hybridized carbons (Fsp3) is 0.500. The van der Waals surface area contributed by atoms with E-state index in [1.165, 1.54) is 19.3 Å². The van der Waals surface area contributed by atoms with Crippen molar-refractivity contribution in [3.63, 3.8) is 0 Å². The summed E-state index contributed by atoms with van der Waals surface area (Å²) < 4.78 is 5.78. The van der Waals surface area contributed by atoms with Gasteiger partial charge >= 0.3 is 0 Å². The number of hydrogen-bond acceptors (Lipinski definition) is 1. The Hall–Kier alpha value is -1.13. The topological polar surface area (TPSA) is 9.23 Å². The highest BCUT2D eigenvalue weighted by atomic mass is 35.5. The van der Waals surface area contributed by atoms with E-state index in [1.54, 1.807) is 0 Å². The number of alkyl halides is 1. The van der Waals surface area contributed by atoms with Crippen LogP contribution < -0.4 is 4.74 Å². The molecule has 1 aromatic carbocycles. The van der Waals surface area contributed by atoms with E-state index in [0.717, 1.165) is 24.3 Å². The molecule has 98 valence electrons. The molecule has 0 atom stereocenters. The molecule has 0 radical (unpaired) electrons. The van der Waals surface area contributed by atoms with Crippen LogP contribution in [-0.2, 0) is 0 Å². The molecule has 0 N–H and O–H groups in total. The van der Waals surface area contributed by atoms with Crippen molar-refractivity contribution in [3.05, 3.63) is 29.8 Å². The molecule has 0 saturated heterocycles. The third kappa shape index (κ3) is 5.98. The van der Waals surface area contributed by atoms with Crippen molar-refractivity contribution in [1.29, 1.82) is 0 Å². The summed E-state index contributed by atoms with van der Waals surface area (Å²) in [5, 5.41) is 0. The van der Waals surface area contributed by atoms with E-state index < -0.39 is 0 Å². The van der Waals surface area contributed by atoms with Crippen LogP contribution in [0.3, 0.4) is 0 Å². The maximum absolute atomic E-state index is 5.78. The van der Waals surface area contributed by atoms with Crippen LogP contribution in [0, 0.1) is 11.8 Å². The van der Waals surface area contributed by atoms with Gasteiger partial charge in [-0.15, -0.1) is 11.6 Å². The first kappa shape index (κ1) is 14.9. The summed E-state index contributed by atoms with van der Waals surface area (Å²) in [4.78, 5) is 0. The fourth-order valence-corrected chi connectivity index (χ4v) is 1.71. The Morgan fingerprint density at radius 2 is 2.00 bits per heavy atom. The molecular weight excluding hydrogens is 244 g/mol. The van der Waals surface area contributed by atoms with Crippen LogP contribution in [0.2, 0.25) is 0 Å². The summed E-state index contributed by atoms with van der Waals surface area (Å²) in [5.74, 6) is 7.61. The highest BCUT2D eigenvalue weighted by molar-refractivity contribution is 6.18. The average molecular weight is 265 g/mol.